The van der Waals surface area contributed by atoms with Crippen LogP contribution in [-0.4, -0.2) is 25.1 Å². The number of fused-ring (bicyclic) bond motifs is 2. The van der Waals surface area contributed by atoms with E-state index in [1.807, 2.05) is 52.0 Å². The third kappa shape index (κ3) is 2.91. The number of anilines is 1. The molecule has 1 N–H and O–H groups in total. The van der Waals surface area contributed by atoms with Crippen LogP contribution in [0, 0.1) is 27.7 Å². The Hall–Kier alpha value is -3.00. The fourth-order valence-corrected chi connectivity index (χ4v) is 3.92. The molecule has 27 heavy (non-hydrogen) atoms. The fraction of sp³-hybridized carbons (Fsp3) is 0.263. The van der Waals surface area contributed by atoms with Gasteiger partial charge in [0.05, 0.1) is 5.52 Å². The van der Waals surface area contributed by atoms with Gasteiger partial charge in [0.2, 0.25) is 10.9 Å². The van der Waals surface area contributed by atoms with Crippen LogP contribution in [-0.2, 0) is 11.3 Å². The zero-order chi connectivity index (χ0) is 19.3. The molecule has 0 atom stereocenters. The number of hydrogen-bond acceptors (Lipinski definition) is 5. The first kappa shape index (κ1) is 17.4. The molecular formula is C19H19N5O2S. The molecule has 0 saturated carbocycles. The molecule has 4 aromatic rings. The van der Waals surface area contributed by atoms with E-state index in [0.717, 1.165) is 27.5 Å². The molecular weight excluding hydrogens is 362 g/mol. The van der Waals surface area contributed by atoms with E-state index in [2.05, 4.69) is 15.4 Å². The Balaban J connectivity index is 1.74. The van der Waals surface area contributed by atoms with E-state index < -0.39 is 0 Å². The Morgan fingerprint density at radius 1 is 1.22 bits per heavy atom. The lowest BCUT2D eigenvalue weighted by Gasteiger charge is -2.12. The van der Waals surface area contributed by atoms with Gasteiger partial charge in [0.1, 0.15) is 17.1 Å². The highest BCUT2D eigenvalue weighted by atomic mass is 32.1. The lowest BCUT2D eigenvalue weighted by molar-refractivity contribution is -0.116. The van der Waals surface area contributed by atoms with Crippen LogP contribution < -0.4 is 10.9 Å². The molecule has 4 rings (SSSR count). The third-order valence-electron chi connectivity index (χ3n) is 4.74. The predicted molar refractivity (Wildman–Crippen MR) is 107 cm³/mol. The summed E-state index contributed by atoms with van der Waals surface area (Å²) < 4.78 is 3.01. The largest absolute Gasteiger partial charge is 0.330 e. The van der Waals surface area contributed by atoms with Gasteiger partial charge in [-0.2, -0.15) is 9.61 Å². The van der Waals surface area contributed by atoms with Crippen molar-refractivity contribution in [3.8, 4) is 0 Å². The van der Waals surface area contributed by atoms with Crippen molar-refractivity contribution in [3.63, 3.8) is 0 Å². The fourth-order valence-electron chi connectivity index (χ4n) is 3.18. The summed E-state index contributed by atoms with van der Waals surface area (Å²) in [6, 6.07) is 7.62. The van der Waals surface area contributed by atoms with Crippen molar-refractivity contribution in [1.29, 1.82) is 0 Å². The summed E-state index contributed by atoms with van der Waals surface area (Å²) in [6.07, 6.45) is 0. The lowest BCUT2D eigenvalue weighted by Crippen LogP contribution is -2.24. The number of rotatable bonds is 3. The second-order valence-electron chi connectivity index (χ2n) is 6.63. The Labute approximate surface area is 159 Å². The van der Waals surface area contributed by atoms with Crippen LogP contribution >= 0.6 is 11.3 Å². The number of carbonyl (C=O) groups excluding carboxylic acids is 1. The number of hydrogen-bond donors (Lipinski definition) is 1. The van der Waals surface area contributed by atoms with E-state index in [4.69, 9.17) is 0 Å². The molecule has 3 aromatic heterocycles. The smallest absolute Gasteiger partial charge is 0.299 e. The molecule has 0 aliphatic rings. The van der Waals surface area contributed by atoms with Crippen molar-refractivity contribution >= 4 is 38.9 Å². The summed E-state index contributed by atoms with van der Waals surface area (Å²) in [5, 5.41) is 7.93. The summed E-state index contributed by atoms with van der Waals surface area (Å²) in [7, 11) is 0. The number of nitrogens with zero attached hydrogens (tertiary/aromatic N) is 4. The van der Waals surface area contributed by atoms with Crippen molar-refractivity contribution in [2.24, 2.45) is 0 Å². The summed E-state index contributed by atoms with van der Waals surface area (Å²) in [4.78, 5) is 30.6. The molecule has 138 valence electrons. The maximum absolute atomic E-state index is 12.9. The Bertz CT molecular complexity index is 1260. The number of amides is 1. The maximum Gasteiger partial charge on any atom is 0.299 e. The van der Waals surface area contributed by atoms with E-state index in [1.165, 1.54) is 15.9 Å². The topological polar surface area (TPSA) is 81.3 Å². The SMILES string of the molecule is Cc1nn2c(=O)c3c(cc(C)n3CC(=O)Nc3cccc(C)c3C)nc2s1. The molecule has 3 heterocycles. The predicted octanol–water partition coefficient (Wildman–Crippen LogP) is 2.98. The maximum atomic E-state index is 12.9. The first-order valence-electron chi connectivity index (χ1n) is 8.57. The molecule has 0 radical (unpaired) electrons. The second-order valence-corrected chi connectivity index (χ2v) is 7.79. The van der Waals surface area contributed by atoms with Gasteiger partial charge in [-0.3, -0.25) is 9.59 Å². The number of aryl methyl sites for hydroxylation is 3. The quantitative estimate of drug-likeness (QED) is 0.592. The van der Waals surface area contributed by atoms with Gasteiger partial charge < -0.3 is 9.88 Å². The molecule has 0 bridgehead atoms. The average molecular weight is 381 g/mol. The van der Waals surface area contributed by atoms with Gasteiger partial charge in [-0.15, -0.1) is 0 Å². The summed E-state index contributed by atoms with van der Waals surface area (Å²) in [6.45, 7) is 7.71. The average Bonchev–Trinajstić information content (AvgIpc) is 3.12. The van der Waals surface area contributed by atoms with Crippen molar-refractivity contribution in [3.05, 3.63) is 56.4 Å². The van der Waals surface area contributed by atoms with E-state index in [9.17, 15) is 9.59 Å². The molecule has 7 nitrogen and oxygen atoms in total. The van der Waals surface area contributed by atoms with E-state index in [1.54, 1.807) is 4.57 Å². The van der Waals surface area contributed by atoms with Gasteiger partial charge in [0.25, 0.3) is 5.56 Å². The van der Waals surface area contributed by atoms with Crippen LogP contribution in [0.3, 0.4) is 0 Å². The van der Waals surface area contributed by atoms with Crippen LogP contribution in [0.1, 0.15) is 21.8 Å². The van der Waals surface area contributed by atoms with Crippen molar-refractivity contribution in [2.45, 2.75) is 34.2 Å². The lowest BCUT2D eigenvalue weighted by atomic mass is 10.1. The normalized spacial score (nSPS) is 11.4. The molecule has 0 fully saturated rings. The zero-order valence-corrected chi connectivity index (χ0v) is 16.3. The zero-order valence-electron chi connectivity index (χ0n) is 15.5. The number of carbonyl (C=O) groups is 1. The van der Waals surface area contributed by atoms with Crippen LogP contribution in [0.4, 0.5) is 5.69 Å². The molecule has 1 amide bonds. The second kappa shape index (κ2) is 6.31. The van der Waals surface area contributed by atoms with Gasteiger partial charge in [-0.05, 0) is 51.0 Å². The molecule has 0 spiro atoms. The molecule has 0 aliphatic heterocycles. The summed E-state index contributed by atoms with van der Waals surface area (Å²) in [5.41, 5.74) is 4.45. The minimum Gasteiger partial charge on any atom is -0.330 e. The number of aromatic nitrogens is 4. The Kier molecular flexibility index (Phi) is 4.07. The van der Waals surface area contributed by atoms with E-state index >= 15 is 0 Å². The highest BCUT2D eigenvalue weighted by molar-refractivity contribution is 7.16. The Morgan fingerprint density at radius 2 is 2.00 bits per heavy atom. The first-order chi connectivity index (χ1) is 12.8. The van der Waals surface area contributed by atoms with Gasteiger partial charge in [-0.1, -0.05) is 23.5 Å². The Morgan fingerprint density at radius 3 is 2.78 bits per heavy atom. The standard InChI is InChI=1S/C19H19N5O2S/c1-10-6-5-7-14(12(10)3)20-16(25)9-23-11(2)8-15-17(23)18(26)24-19(21-15)27-13(4)22-24/h5-8H,9H2,1-4H3,(H,20,25). The van der Waals surface area contributed by atoms with Crippen LogP contribution in [0.15, 0.2) is 29.1 Å². The molecule has 0 saturated heterocycles. The van der Waals surface area contributed by atoms with Gasteiger partial charge >= 0.3 is 0 Å². The van der Waals surface area contributed by atoms with Crippen LogP contribution in [0.5, 0.6) is 0 Å². The first-order valence-corrected chi connectivity index (χ1v) is 9.39. The third-order valence-corrected chi connectivity index (χ3v) is 5.56. The summed E-state index contributed by atoms with van der Waals surface area (Å²) >= 11 is 1.37. The number of nitrogens with one attached hydrogen (secondary N) is 1. The molecule has 0 aliphatic carbocycles. The number of benzene rings is 1. The minimum atomic E-state index is -0.257. The van der Waals surface area contributed by atoms with Crippen LogP contribution in [0.25, 0.3) is 16.0 Å². The van der Waals surface area contributed by atoms with E-state index in [-0.39, 0.29) is 18.0 Å². The van der Waals surface area contributed by atoms with Gasteiger partial charge in [0.15, 0.2) is 0 Å². The van der Waals surface area contributed by atoms with Gasteiger partial charge in [0, 0.05) is 11.4 Å². The van der Waals surface area contributed by atoms with Crippen LogP contribution in [0.2, 0.25) is 0 Å². The molecule has 0 unspecified atom stereocenters. The highest BCUT2D eigenvalue weighted by Crippen LogP contribution is 2.20. The van der Waals surface area contributed by atoms with Gasteiger partial charge in [-0.25, -0.2) is 4.98 Å². The van der Waals surface area contributed by atoms with Crippen molar-refractivity contribution in [2.75, 3.05) is 5.32 Å². The molecule has 1 aromatic carbocycles. The van der Waals surface area contributed by atoms with Crippen molar-refractivity contribution < 1.29 is 4.79 Å². The molecule has 8 heteroatoms. The summed E-state index contributed by atoms with van der Waals surface area (Å²) in [5.74, 6) is -0.191. The minimum absolute atomic E-state index is 0.0365. The van der Waals surface area contributed by atoms with E-state index in [0.29, 0.717) is 16.0 Å². The highest BCUT2D eigenvalue weighted by Gasteiger charge is 2.17. The monoisotopic (exact) mass is 381 g/mol. The van der Waals surface area contributed by atoms with Crippen molar-refractivity contribution in [1.82, 2.24) is 19.2 Å².